The number of hydrogen-bond acceptors (Lipinski definition) is 5. The van der Waals surface area contributed by atoms with Gasteiger partial charge in [-0.05, 0) is 36.4 Å². The number of carbonyl (C=O) groups is 2. The molecule has 0 unspecified atom stereocenters. The van der Waals surface area contributed by atoms with E-state index in [0.29, 0.717) is 18.8 Å². The molecule has 0 saturated carbocycles. The first-order chi connectivity index (χ1) is 11.6. The highest BCUT2D eigenvalue weighted by atomic mass is 19.1. The molecule has 2 aromatic rings. The van der Waals surface area contributed by atoms with Gasteiger partial charge in [0.25, 0.3) is 0 Å². The number of hydrogen-bond donors (Lipinski definition) is 0. The van der Waals surface area contributed by atoms with Gasteiger partial charge in [0.1, 0.15) is 11.6 Å². The summed E-state index contributed by atoms with van der Waals surface area (Å²) in [6.07, 6.45) is 0.462. The van der Waals surface area contributed by atoms with Crippen LogP contribution in [0.4, 0.5) is 4.39 Å². The summed E-state index contributed by atoms with van der Waals surface area (Å²) in [5.41, 5.74) is 0.316. The molecule has 0 aliphatic rings. The van der Waals surface area contributed by atoms with Gasteiger partial charge in [-0.15, -0.1) is 0 Å². The average Bonchev–Trinajstić information content (AvgIpc) is 2.62. The lowest BCUT2D eigenvalue weighted by Crippen LogP contribution is -2.14. The topological polar surface area (TPSA) is 61.8 Å². The summed E-state index contributed by atoms with van der Waals surface area (Å²) in [6.45, 7) is 0.451. The zero-order chi connectivity index (χ0) is 17.4. The van der Waals surface area contributed by atoms with Crippen LogP contribution in [-0.2, 0) is 9.47 Å². The van der Waals surface area contributed by atoms with E-state index in [1.807, 2.05) is 0 Å². The summed E-state index contributed by atoms with van der Waals surface area (Å²) in [7, 11) is 1.25. The fourth-order valence-electron chi connectivity index (χ4n) is 1.97. The maximum atomic E-state index is 12.7. The molecule has 24 heavy (non-hydrogen) atoms. The first kappa shape index (κ1) is 17.5. The van der Waals surface area contributed by atoms with Gasteiger partial charge in [0, 0.05) is 6.42 Å². The molecule has 0 aliphatic carbocycles. The number of esters is 2. The molecule has 0 amide bonds. The minimum absolute atomic E-state index is 0.134. The van der Waals surface area contributed by atoms with Gasteiger partial charge in [-0.3, -0.25) is 0 Å². The van der Waals surface area contributed by atoms with Crippen LogP contribution in [0, 0.1) is 5.82 Å². The van der Waals surface area contributed by atoms with Crippen molar-refractivity contribution in [1.29, 1.82) is 0 Å². The lowest BCUT2D eigenvalue weighted by atomic mass is 10.1. The van der Waals surface area contributed by atoms with Crippen molar-refractivity contribution in [2.45, 2.75) is 6.42 Å². The predicted octanol–water partition coefficient (Wildman–Crippen LogP) is 3.24. The molecule has 0 saturated heterocycles. The Bertz CT molecular complexity index is 697. The van der Waals surface area contributed by atoms with E-state index in [4.69, 9.17) is 9.47 Å². The lowest BCUT2D eigenvalue weighted by molar-refractivity contribution is 0.0469. The Morgan fingerprint density at radius 3 is 2.17 bits per heavy atom. The summed E-state index contributed by atoms with van der Waals surface area (Å²) >= 11 is 0. The maximum absolute atomic E-state index is 12.7. The minimum atomic E-state index is -0.599. The van der Waals surface area contributed by atoms with Crippen LogP contribution in [0.5, 0.6) is 5.75 Å². The van der Waals surface area contributed by atoms with Gasteiger partial charge in [-0.1, -0.05) is 12.1 Å². The Hall–Kier alpha value is -2.89. The molecular weight excluding hydrogens is 315 g/mol. The molecule has 0 N–H and O–H groups in total. The second-order valence-corrected chi connectivity index (χ2v) is 4.83. The molecule has 0 atom stereocenters. The Morgan fingerprint density at radius 1 is 0.917 bits per heavy atom. The fraction of sp³-hybridized carbons (Fsp3) is 0.222. The van der Waals surface area contributed by atoms with Gasteiger partial charge in [0.15, 0.2) is 0 Å². The fourth-order valence-corrected chi connectivity index (χ4v) is 1.97. The highest BCUT2D eigenvalue weighted by molar-refractivity contribution is 6.03. The van der Waals surface area contributed by atoms with E-state index in [2.05, 4.69) is 4.74 Å². The van der Waals surface area contributed by atoms with Gasteiger partial charge < -0.3 is 14.2 Å². The molecule has 0 fully saturated rings. The smallest absolute Gasteiger partial charge is 0.339 e. The van der Waals surface area contributed by atoms with Gasteiger partial charge in [0.2, 0.25) is 0 Å². The second-order valence-electron chi connectivity index (χ2n) is 4.83. The molecule has 0 aliphatic heterocycles. The Balaban J connectivity index is 1.79. The zero-order valence-corrected chi connectivity index (χ0v) is 13.2. The van der Waals surface area contributed by atoms with E-state index in [1.54, 1.807) is 12.1 Å². The van der Waals surface area contributed by atoms with Crippen molar-refractivity contribution in [1.82, 2.24) is 0 Å². The Kier molecular flexibility index (Phi) is 6.31. The summed E-state index contributed by atoms with van der Waals surface area (Å²) < 4.78 is 27.9. The molecule has 6 heteroatoms. The van der Waals surface area contributed by atoms with Crippen LogP contribution in [0.1, 0.15) is 27.1 Å². The molecular formula is C18H17FO5. The number of halogens is 1. The van der Waals surface area contributed by atoms with Crippen LogP contribution in [0.3, 0.4) is 0 Å². The van der Waals surface area contributed by atoms with Crippen molar-refractivity contribution in [3.8, 4) is 5.75 Å². The maximum Gasteiger partial charge on any atom is 0.339 e. The quantitative estimate of drug-likeness (QED) is 0.575. The molecule has 126 valence electrons. The average molecular weight is 332 g/mol. The highest BCUT2D eigenvalue weighted by Crippen LogP contribution is 2.13. The largest absolute Gasteiger partial charge is 0.493 e. The van der Waals surface area contributed by atoms with E-state index >= 15 is 0 Å². The molecule has 0 spiro atoms. The van der Waals surface area contributed by atoms with E-state index < -0.39 is 11.9 Å². The van der Waals surface area contributed by atoms with Crippen molar-refractivity contribution < 1.29 is 28.2 Å². The number of carbonyl (C=O) groups excluding carboxylic acids is 2. The molecule has 2 rings (SSSR count). The van der Waals surface area contributed by atoms with E-state index in [1.165, 1.54) is 43.5 Å². The van der Waals surface area contributed by atoms with Crippen LogP contribution < -0.4 is 4.74 Å². The number of rotatable bonds is 7. The summed E-state index contributed by atoms with van der Waals surface area (Å²) in [5, 5.41) is 0. The summed E-state index contributed by atoms with van der Waals surface area (Å²) in [5.74, 6) is -0.987. The lowest BCUT2D eigenvalue weighted by Gasteiger charge is -2.09. The van der Waals surface area contributed by atoms with Crippen molar-refractivity contribution in [2.75, 3.05) is 20.3 Å². The SMILES string of the molecule is COC(=O)c1ccccc1C(=O)OCCCOc1ccc(F)cc1. The summed E-state index contributed by atoms with van der Waals surface area (Å²) in [4.78, 5) is 23.7. The van der Waals surface area contributed by atoms with Crippen LogP contribution in [0.2, 0.25) is 0 Å². The van der Waals surface area contributed by atoms with Crippen molar-refractivity contribution in [2.24, 2.45) is 0 Å². The van der Waals surface area contributed by atoms with Crippen LogP contribution >= 0.6 is 0 Å². The third kappa shape index (κ3) is 4.81. The minimum Gasteiger partial charge on any atom is -0.493 e. The highest BCUT2D eigenvalue weighted by Gasteiger charge is 2.17. The first-order valence-electron chi connectivity index (χ1n) is 7.34. The molecule has 0 radical (unpaired) electrons. The molecule has 2 aromatic carbocycles. The van der Waals surface area contributed by atoms with E-state index in [0.717, 1.165) is 0 Å². The molecule has 0 bridgehead atoms. The molecule has 0 heterocycles. The van der Waals surface area contributed by atoms with Gasteiger partial charge in [-0.2, -0.15) is 0 Å². The standard InChI is InChI=1S/C18H17FO5/c1-22-17(20)15-5-2-3-6-16(15)18(21)24-12-4-11-23-14-9-7-13(19)8-10-14/h2-3,5-10H,4,11-12H2,1H3. The Labute approximate surface area is 139 Å². The van der Waals surface area contributed by atoms with Gasteiger partial charge in [0.05, 0.1) is 31.5 Å². The third-order valence-corrected chi connectivity index (χ3v) is 3.16. The van der Waals surface area contributed by atoms with Crippen LogP contribution in [-0.4, -0.2) is 32.3 Å². The molecule has 5 nitrogen and oxygen atoms in total. The van der Waals surface area contributed by atoms with Gasteiger partial charge in [-0.25, -0.2) is 14.0 Å². The van der Waals surface area contributed by atoms with E-state index in [-0.39, 0.29) is 23.6 Å². The second kappa shape index (κ2) is 8.67. The number of benzene rings is 2. The third-order valence-electron chi connectivity index (χ3n) is 3.16. The van der Waals surface area contributed by atoms with Crippen molar-refractivity contribution in [3.63, 3.8) is 0 Å². The van der Waals surface area contributed by atoms with Crippen molar-refractivity contribution in [3.05, 3.63) is 65.5 Å². The van der Waals surface area contributed by atoms with Gasteiger partial charge >= 0.3 is 11.9 Å². The van der Waals surface area contributed by atoms with Crippen molar-refractivity contribution >= 4 is 11.9 Å². The zero-order valence-electron chi connectivity index (χ0n) is 13.2. The first-order valence-corrected chi connectivity index (χ1v) is 7.34. The molecule has 0 aromatic heterocycles. The number of methoxy groups -OCH3 is 1. The van der Waals surface area contributed by atoms with E-state index in [9.17, 15) is 14.0 Å². The monoisotopic (exact) mass is 332 g/mol. The van der Waals surface area contributed by atoms with Crippen LogP contribution in [0.25, 0.3) is 0 Å². The summed E-state index contributed by atoms with van der Waals surface area (Å²) in [6, 6.07) is 11.9. The Morgan fingerprint density at radius 2 is 1.54 bits per heavy atom. The normalized spacial score (nSPS) is 10.1. The number of ether oxygens (including phenoxy) is 3. The van der Waals surface area contributed by atoms with Crippen LogP contribution in [0.15, 0.2) is 48.5 Å². The predicted molar refractivity (Wildman–Crippen MR) is 84.6 cm³/mol.